The fourth-order valence-electron chi connectivity index (χ4n) is 1.39. The first-order chi connectivity index (χ1) is 7.74. The van der Waals surface area contributed by atoms with Crippen LogP contribution in [-0.2, 0) is 0 Å². The monoisotopic (exact) mass is 281 g/mol. The van der Waals surface area contributed by atoms with Crippen LogP contribution in [0.3, 0.4) is 0 Å². The first-order valence-electron chi connectivity index (χ1n) is 4.97. The predicted molar refractivity (Wildman–Crippen MR) is 65.7 cm³/mol. The summed E-state index contributed by atoms with van der Waals surface area (Å²) in [6.45, 7) is 6.18. The molecule has 16 heavy (non-hydrogen) atoms. The Morgan fingerprint density at radius 3 is 3.19 bits per heavy atom. The number of hydrogen-bond donors (Lipinski definition) is 0. The first-order valence-corrected chi connectivity index (χ1v) is 5.76. The summed E-state index contributed by atoms with van der Waals surface area (Å²) in [7, 11) is 0. The van der Waals surface area contributed by atoms with E-state index >= 15 is 0 Å². The lowest BCUT2D eigenvalue weighted by molar-refractivity contribution is 0.313. The van der Waals surface area contributed by atoms with Crippen LogP contribution in [-0.4, -0.2) is 21.0 Å². The fraction of sp³-hybridized carbons (Fsp3) is 0.273. The maximum atomic E-state index is 5.56. The molecule has 2 aromatic rings. The van der Waals surface area contributed by atoms with E-state index < -0.39 is 0 Å². The first kappa shape index (κ1) is 11.1. The van der Waals surface area contributed by atoms with Gasteiger partial charge in [0.15, 0.2) is 0 Å². The third-order valence-electron chi connectivity index (χ3n) is 2.25. The molecule has 2 heterocycles. The molecule has 4 nitrogen and oxygen atoms in total. The molecule has 0 aliphatic rings. The van der Waals surface area contributed by atoms with E-state index in [-0.39, 0.29) is 0 Å². The quantitative estimate of drug-likeness (QED) is 0.639. The van der Waals surface area contributed by atoms with Crippen molar-refractivity contribution in [3.63, 3.8) is 0 Å². The SMILES string of the molecule is C=CCCOc1nc(Br)c(C)n2ccnc12. The summed E-state index contributed by atoms with van der Waals surface area (Å²) in [6, 6.07) is 0. The standard InChI is InChI=1S/C11H12BrN3O/c1-3-4-7-16-11-10-13-5-6-15(10)8(2)9(12)14-11/h3,5-6H,1,4,7H2,2H3. The number of rotatable bonds is 4. The van der Waals surface area contributed by atoms with E-state index in [2.05, 4.69) is 32.5 Å². The Morgan fingerprint density at radius 2 is 2.44 bits per heavy atom. The molecule has 0 spiro atoms. The normalized spacial score (nSPS) is 10.6. The highest BCUT2D eigenvalue weighted by Gasteiger charge is 2.10. The van der Waals surface area contributed by atoms with Crippen molar-refractivity contribution in [2.45, 2.75) is 13.3 Å². The summed E-state index contributed by atoms with van der Waals surface area (Å²) in [4.78, 5) is 8.55. The summed E-state index contributed by atoms with van der Waals surface area (Å²) in [5.41, 5.74) is 1.74. The van der Waals surface area contributed by atoms with Gasteiger partial charge in [-0.3, -0.25) is 4.40 Å². The van der Waals surface area contributed by atoms with Crippen molar-refractivity contribution in [3.8, 4) is 5.88 Å². The maximum Gasteiger partial charge on any atom is 0.259 e. The molecule has 0 radical (unpaired) electrons. The van der Waals surface area contributed by atoms with Crippen LogP contribution in [0, 0.1) is 6.92 Å². The largest absolute Gasteiger partial charge is 0.475 e. The highest BCUT2D eigenvalue weighted by atomic mass is 79.9. The molecule has 0 fully saturated rings. The van der Waals surface area contributed by atoms with Crippen LogP contribution < -0.4 is 4.74 Å². The number of imidazole rings is 1. The summed E-state index contributed by atoms with van der Waals surface area (Å²) >= 11 is 3.40. The van der Waals surface area contributed by atoms with Gasteiger partial charge < -0.3 is 4.74 Å². The molecule has 0 bridgehead atoms. The zero-order chi connectivity index (χ0) is 11.5. The number of aryl methyl sites for hydroxylation is 1. The molecular weight excluding hydrogens is 270 g/mol. The zero-order valence-corrected chi connectivity index (χ0v) is 10.6. The molecule has 0 saturated heterocycles. The van der Waals surface area contributed by atoms with Crippen LogP contribution in [0.4, 0.5) is 0 Å². The number of ether oxygens (including phenoxy) is 1. The van der Waals surface area contributed by atoms with Crippen LogP contribution in [0.2, 0.25) is 0 Å². The van der Waals surface area contributed by atoms with Gasteiger partial charge in [0.25, 0.3) is 5.88 Å². The number of nitrogens with zero attached hydrogens (tertiary/aromatic N) is 3. The van der Waals surface area contributed by atoms with Crippen molar-refractivity contribution >= 4 is 21.6 Å². The Labute approximate surface area is 102 Å². The number of aromatic nitrogens is 3. The minimum absolute atomic E-state index is 0.546. The minimum Gasteiger partial charge on any atom is -0.475 e. The Morgan fingerprint density at radius 1 is 1.62 bits per heavy atom. The highest BCUT2D eigenvalue weighted by Crippen LogP contribution is 2.22. The summed E-state index contributed by atoms with van der Waals surface area (Å²) < 4.78 is 8.27. The molecule has 0 amide bonds. The van der Waals surface area contributed by atoms with Crippen LogP contribution in [0.5, 0.6) is 5.88 Å². The van der Waals surface area contributed by atoms with E-state index in [4.69, 9.17) is 4.74 Å². The van der Waals surface area contributed by atoms with E-state index in [0.717, 1.165) is 22.4 Å². The van der Waals surface area contributed by atoms with Crippen LogP contribution in [0.1, 0.15) is 12.1 Å². The molecule has 5 heteroatoms. The average Bonchev–Trinajstić information content (AvgIpc) is 2.74. The number of hydrogen-bond acceptors (Lipinski definition) is 3. The van der Waals surface area contributed by atoms with Crippen molar-refractivity contribution in [3.05, 3.63) is 35.3 Å². The van der Waals surface area contributed by atoms with Crippen molar-refractivity contribution in [2.24, 2.45) is 0 Å². The van der Waals surface area contributed by atoms with E-state index in [9.17, 15) is 0 Å². The third kappa shape index (κ3) is 1.95. The smallest absolute Gasteiger partial charge is 0.259 e. The number of fused-ring (bicyclic) bond motifs is 1. The predicted octanol–water partition coefficient (Wildman–Crippen LogP) is 2.76. The topological polar surface area (TPSA) is 39.4 Å². The molecule has 2 rings (SSSR count). The van der Waals surface area contributed by atoms with Crippen LogP contribution in [0.25, 0.3) is 5.65 Å². The van der Waals surface area contributed by atoms with Crippen molar-refractivity contribution in [1.29, 1.82) is 0 Å². The van der Waals surface area contributed by atoms with Crippen molar-refractivity contribution in [2.75, 3.05) is 6.61 Å². The molecule has 2 aromatic heterocycles. The van der Waals surface area contributed by atoms with Crippen molar-refractivity contribution in [1.82, 2.24) is 14.4 Å². The van der Waals surface area contributed by atoms with Gasteiger partial charge >= 0.3 is 0 Å². The second-order valence-corrected chi connectivity index (χ2v) is 4.09. The molecule has 0 aliphatic heterocycles. The number of halogens is 1. The van der Waals surface area contributed by atoms with Crippen LogP contribution >= 0.6 is 15.9 Å². The van der Waals surface area contributed by atoms with E-state index in [0.29, 0.717) is 12.5 Å². The molecule has 84 valence electrons. The van der Waals surface area contributed by atoms with Gasteiger partial charge in [-0.1, -0.05) is 6.08 Å². The Bertz CT molecular complexity index is 521. The highest BCUT2D eigenvalue weighted by molar-refractivity contribution is 9.10. The fourth-order valence-corrected chi connectivity index (χ4v) is 1.74. The Kier molecular flexibility index (Phi) is 3.24. The van der Waals surface area contributed by atoms with Gasteiger partial charge in [-0.15, -0.1) is 6.58 Å². The minimum atomic E-state index is 0.546. The van der Waals surface area contributed by atoms with Gasteiger partial charge in [-0.25, -0.2) is 9.97 Å². The van der Waals surface area contributed by atoms with Crippen molar-refractivity contribution < 1.29 is 4.74 Å². The van der Waals surface area contributed by atoms with Gasteiger partial charge in [-0.2, -0.15) is 0 Å². The lowest BCUT2D eigenvalue weighted by Gasteiger charge is -2.08. The lowest BCUT2D eigenvalue weighted by Crippen LogP contribution is -2.03. The maximum absolute atomic E-state index is 5.56. The molecule has 0 aromatic carbocycles. The van der Waals surface area contributed by atoms with Gasteiger partial charge in [0.2, 0.25) is 5.65 Å². The Hall–Kier alpha value is -1.36. The zero-order valence-electron chi connectivity index (χ0n) is 8.98. The van der Waals surface area contributed by atoms with Crippen LogP contribution in [0.15, 0.2) is 29.7 Å². The molecule has 0 unspecified atom stereocenters. The summed E-state index contributed by atoms with van der Waals surface area (Å²) in [5, 5.41) is 0. The average molecular weight is 282 g/mol. The Balaban J connectivity index is 2.40. The molecule has 0 aliphatic carbocycles. The molecule has 0 saturated carbocycles. The molecular formula is C11H12BrN3O. The lowest BCUT2D eigenvalue weighted by atomic mass is 10.4. The van der Waals surface area contributed by atoms with E-state index in [1.807, 2.05) is 23.6 Å². The molecule has 0 N–H and O–H groups in total. The third-order valence-corrected chi connectivity index (χ3v) is 3.00. The second kappa shape index (κ2) is 4.65. The van der Waals surface area contributed by atoms with Gasteiger partial charge in [-0.05, 0) is 29.3 Å². The summed E-state index contributed by atoms with van der Waals surface area (Å²) in [6.07, 6.45) is 6.22. The van der Waals surface area contributed by atoms with Gasteiger partial charge in [0.1, 0.15) is 4.60 Å². The van der Waals surface area contributed by atoms with Gasteiger partial charge in [0.05, 0.1) is 12.3 Å². The van der Waals surface area contributed by atoms with Gasteiger partial charge in [0, 0.05) is 12.4 Å². The molecule has 0 atom stereocenters. The summed E-state index contributed by atoms with van der Waals surface area (Å²) in [5.74, 6) is 0.546. The van der Waals surface area contributed by atoms with E-state index in [1.54, 1.807) is 6.20 Å². The second-order valence-electron chi connectivity index (χ2n) is 3.34. The van der Waals surface area contributed by atoms with E-state index in [1.165, 1.54) is 0 Å².